The second kappa shape index (κ2) is 6.70. The van der Waals surface area contributed by atoms with Gasteiger partial charge in [0.25, 0.3) is 0 Å². The molecule has 0 aliphatic heterocycles. The van der Waals surface area contributed by atoms with Gasteiger partial charge in [0.1, 0.15) is 0 Å². The zero-order valence-electron chi connectivity index (χ0n) is 14.4. The van der Waals surface area contributed by atoms with Gasteiger partial charge in [0.15, 0.2) is 5.78 Å². The molecule has 0 radical (unpaired) electrons. The lowest BCUT2D eigenvalue weighted by Crippen LogP contribution is -2.49. The summed E-state index contributed by atoms with van der Waals surface area (Å²) in [5, 5.41) is 0. The Morgan fingerprint density at radius 2 is 1.95 bits per heavy atom. The lowest BCUT2D eigenvalue weighted by atomic mass is 9.49. The Morgan fingerprint density at radius 1 is 1.18 bits per heavy atom. The molecular formula is C20H32O2. The fourth-order valence-corrected chi connectivity index (χ4v) is 5.72. The van der Waals surface area contributed by atoms with Crippen molar-refractivity contribution in [1.29, 1.82) is 0 Å². The molecule has 0 amide bonds. The zero-order chi connectivity index (χ0) is 15.0. The van der Waals surface area contributed by atoms with Gasteiger partial charge in [-0.25, -0.2) is 0 Å². The van der Waals surface area contributed by atoms with Crippen LogP contribution in [0.2, 0.25) is 0 Å². The number of hydrogen-bond donors (Lipinski definition) is 0. The van der Waals surface area contributed by atoms with Crippen LogP contribution in [0.3, 0.4) is 0 Å². The van der Waals surface area contributed by atoms with Crippen molar-refractivity contribution in [2.45, 2.75) is 65.7 Å². The Bertz CT molecular complexity index is 476. The summed E-state index contributed by atoms with van der Waals surface area (Å²) in [4.78, 5) is 12.6. The first-order valence-corrected chi connectivity index (χ1v) is 9.10. The van der Waals surface area contributed by atoms with Crippen molar-refractivity contribution in [3.63, 3.8) is 0 Å². The highest BCUT2D eigenvalue weighted by Crippen LogP contribution is 2.59. The first-order chi connectivity index (χ1) is 10.2. The molecule has 5 atom stereocenters. The van der Waals surface area contributed by atoms with Gasteiger partial charge in [-0.05, 0) is 73.2 Å². The van der Waals surface area contributed by atoms with Gasteiger partial charge in [-0.2, -0.15) is 0 Å². The Morgan fingerprint density at radius 3 is 2.73 bits per heavy atom. The average Bonchev–Trinajstić information content (AvgIpc) is 2.98. The van der Waals surface area contributed by atoms with E-state index < -0.39 is 0 Å². The molecule has 0 aromatic rings. The number of fused-ring (bicyclic) bond motifs is 5. The maximum atomic E-state index is 12.6. The summed E-state index contributed by atoms with van der Waals surface area (Å²) in [6.07, 6.45) is 15.5. The van der Waals surface area contributed by atoms with E-state index in [1.54, 1.807) is 0 Å². The summed E-state index contributed by atoms with van der Waals surface area (Å²) in [5.74, 6) is 3.49. The van der Waals surface area contributed by atoms with E-state index in [1.165, 1.54) is 37.7 Å². The maximum Gasteiger partial charge on any atom is 0.159 e. The molecule has 4 rings (SSSR count). The SMILES string of the molecule is CC.C[C@]12CCCC=C1C(=O)CC1C3CC=CC3CCC12.O. The second-order valence-corrected chi connectivity index (χ2v) is 7.39. The largest absolute Gasteiger partial charge is 0.412 e. The lowest BCUT2D eigenvalue weighted by molar-refractivity contribution is -0.125. The highest BCUT2D eigenvalue weighted by atomic mass is 16.1. The molecule has 124 valence electrons. The summed E-state index contributed by atoms with van der Waals surface area (Å²) in [7, 11) is 0. The standard InChI is InChI=1S/C18H24O.C2H6.H2O/c1-18-10-3-2-7-16(18)17(19)11-14-13-6-4-5-12(13)8-9-15(14)18;1-2;/h4-5,7,12-15H,2-3,6,8-11H2,1H3;1-2H3;1H2/t12?,13?,14?,15?,18-;;/m1../s1. The minimum absolute atomic E-state index is 0. The molecule has 4 unspecified atom stereocenters. The molecule has 0 aromatic heterocycles. The lowest BCUT2D eigenvalue weighted by Gasteiger charge is -2.54. The van der Waals surface area contributed by atoms with Crippen LogP contribution in [0.4, 0.5) is 0 Å². The first kappa shape index (κ1) is 17.5. The molecule has 4 aliphatic carbocycles. The van der Waals surface area contributed by atoms with Crippen LogP contribution in [0.15, 0.2) is 23.8 Å². The third kappa shape index (κ3) is 2.50. The molecule has 2 nitrogen and oxygen atoms in total. The number of Topliss-reactive ketones (excluding diaryl/α,β-unsaturated/α-hetero) is 1. The van der Waals surface area contributed by atoms with Crippen LogP contribution < -0.4 is 0 Å². The van der Waals surface area contributed by atoms with E-state index in [2.05, 4.69) is 25.2 Å². The molecule has 2 heteroatoms. The van der Waals surface area contributed by atoms with Crippen LogP contribution in [0.25, 0.3) is 0 Å². The van der Waals surface area contributed by atoms with E-state index in [1.807, 2.05) is 13.8 Å². The molecule has 0 saturated heterocycles. The number of rotatable bonds is 0. The van der Waals surface area contributed by atoms with Crippen molar-refractivity contribution in [3.8, 4) is 0 Å². The Kier molecular flexibility index (Phi) is 5.32. The van der Waals surface area contributed by atoms with Crippen LogP contribution in [-0.4, -0.2) is 11.3 Å². The van der Waals surface area contributed by atoms with Gasteiger partial charge in [-0.15, -0.1) is 0 Å². The van der Waals surface area contributed by atoms with E-state index in [4.69, 9.17) is 0 Å². The van der Waals surface area contributed by atoms with Gasteiger partial charge in [0.2, 0.25) is 0 Å². The quantitative estimate of drug-likeness (QED) is 0.608. The van der Waals surface area contributed by atoms with E-state index >= 15 is 0 Å². The molecule has 0 bridgehead atoms. The first-order valence-electron chi connectivity index (χ1n) is 9.10. The number of ketones is 1. The molecule has 2 saturated carbocycles. The van der Waals surface area contributed by atoms with Gasteiger partial charge in [-0.1, -0.05) is 39.0 Å². The van der Waals surface area contributed by atoms with Crippen LogP contribution >= 0.6 is 0 Å². The van der Waals surface area contributed by atoms with Crippen molar-refractivity contribution in [1.82, 2.24) is 0 Å². The Hall–Kier alpha value is -0.890. The molecule has 2 N–H and O–H groups in total. The number of allylic oxidation sites excluding steroid dienone is 4. The van der Waals surface area contributed by atoms with Gasteiger partial charge in [0, 0.05) is 6.42 Å². The Balaban J connectivity index is 0.000000566. The van der Waals surface area contributed by atoms with Gasteiger partial charge in [-0.3, -0.25) is 4.79 Å². The van der Waals surface area contributed by atoms with E-state index in [0.717, 1.165) is 30.6 Å². The van der Waals surface area contributed by atoms with E-state index in [-0.39, 0.29) is 10.9 Å². The third-order valence-corrected chi connectivity index (χ3v) is 6.62. The van der Waals surface area contributed by atoms with Crippen LogP contribution in [0.1, 0.15) is 65.7 Å². The van der Waals surface area contributed by atoms with Gasteiger partial charge in [0.05, 0.1) is 0 Å². The van der Waals surface area contributed by atoms with Gasteiger partial charge < -0.3 is 5.48 Å². The highest BCUT2D eigenvalue weighted by Gasteiger charge is 2.53. The number of carbonyl (C=O) groups is 1. The van der Waals surface area contributed by atoms with Crippen molar-refractivity contribution in [3.05, 3.63) is 23.8 Å². The summed E-state index contributed by atoms with van der Waals surface area (Å²) in [5.41, 5.74) is 1.43. The third-order valence-electron chi connectivity index (χ3n) is 6.62. The maximum absolute atomic E-state index is 12.6. The monoisotopic (exact) mass is 304 g/mol. The summed E-state index contributed by atoms with van der Waals surface area (Å²) in [6, 6.07) is 0. The zero-order valence-corrected chi connectivity index (χ0v) is 14.4. The van der Waals surface area contributed by atoms with Crippen molar-refractivity contribution < 1.29 is 10.3 Å². The normalized spacial score (nSPS) is 42.0. The molecule has 22 heavy (non-hydrogen) atoms. The summed E-state index contributed by atoms with van der Waals surface area (Å²) < 4.78 is 0. The number of carbonyl (C=O) groups excluding carboxylic acids is 1. The Labute approximate surface area is 135 Å². The van der Waals surface area contributed by atoms with E-state index in [0.29, 0.717) is 11.7 Å². The van der Waals surface area contributed by atoms with Gasteiger partial charge >= 0.3 is 0 Å². The topological polar surface area (TPSA) is 48.6 Å². The summed E-state index contributed by atoms with van der Waals surface area (Å²) in [6.45, 7) is 6.40. The van der Waals surface area contributed by atoms with Crippen LogP contribution in [0.5, 0.6) is 0 Å². The fourth-order valence-electron chi connectivity index (χ4n) is 5.72. The average molecular weight is 304 g/mol. The minimum atomic E-state index is 0. The van der Waals surface area contributed by atoms with Crippen molar-refractivity contribution >= 4 is 5.78 Å². The van der Waals surface area contributed by atoms with Crippen LogP contribution in [0, 0.1) is 29.1 Å². The predicted molar refractivity (Wildman–Crippen MR) is 91.6 cm³/mol. The molecular weight excluding hydrogens is 272 g/mol. The second-order valence-electron chi connectivity index (χ2n) is 7.39. The molecule has 2 fully saturated rings. The van der Waals surface area contributed by atoms with Crippen LogP contribution in [-0.2, 0) is 4.79 Å². The molecule has 0 spiro atoms. The highest BCUT2D eigenvalue weighted by molar-refractivity contribution is 5.98. The number of hydrogen-bond acceptors (Lipinski definition) is 1. The van der Waals surface area contributed by atoms with Crippen molar-refractivity contribution in [2.75, 3.05) is 0 Å². The molecule has 0 aromatic carbocycles. The minimum Gasteiger partial charge on any atom is -0.412 e. The molecule has 4 aliphatic rings. The summed E-state index contributed by atoms with van der Waals surface area (Å²) >= 11 is 0. The fraction of sp³-hybridized carbons (Fsp3) is 0.750. The van der Waals surface area contributed by atoms with E-state index in [9.17, 15) is 4.79 Å². The van der Waals surface area contributed by atoms with Crippen molar-refractivity contribution in [2.24, 2.45) is 29.1 Å². The smallest absolute Gasteiger partial charge is 0.159 e. The predicted octanol–water partition coefficient (Wildman–Crippen LogP) is 4.50. The molecule has 0 heterocycles.